The van der Waals surface area contributed by atoms with E-state index in [0.717, 1.165) is 17.1 Å². The molecule has 0 aliphatic heterocycles. The van der Waals surface area contributed by atoms with Gasteiger partial charge in [0.25, 0.3) is 0 Å². The third-order valence-corrected chi connectivity index (χ3v) is 4.95. The lowest BCUT2D eigenvalue weighted by Crippen LogP contribution is -2.21. The number of ketones is 1. The van der Waals surface area contributed by atoms with E-state index < -0.39 is 0 Å². The Morgan fingerprint density at radius 1 is 1.21 bits per heavy atom. The van der Waals surface area contributed by atoms with Crippen LogP contribution in [0.5, 0.6) is 0 Å². The van der Waals surface area contributed by atoms with Crippen molar-refractivity contribution >= 4 is 23.5 Å². The van der Waals surface area contributed by atoms with E-state index in [0.29, 0.717) is 11.3 Å². The molecule has 5 heteroatoms. The van der Waals surface area contributed by atoms with E-state index in [2.05, 4.69) is 17.1 Å². The summed E-state index contributed by atoms with van der Waals surface area (Å²) < 4.78 is 5.17. The maximum Gasteiger partial charge on any atom is 0.309 e. The van der Waals surface area contributed by atoms with Gasteiger partial charge in [0.15, 0.2) is 6.61 Å². The zero-order valence-corrected chi connectivity index (χ0v) is 15.1. The van der Waals surface area contributed by atoms with Crippen LogP contribution < -0.4 is 0 Å². The first-order valence-electron chi connectivity index (χ1n) is 7.95. The first kappa shape index (κ1) is 18.3. The van der Waals surface area contributed by atoms with Gasteiger partial charge in [0.1, 0.15) is 0 Å². The number of hydrogen-bond donors (Lipinski definition) is 1. The quantitative estimate of drug-likeness (QED) is 0.582. The summed E-state index contributed by atoms with van der Waals surface area (Å²) in [7, 11) is 0. The van der Waals surface area contributed by atoms with E-state index >= 15 is 0 Å². The summed E-state index contributed by atoms with van der Waals surface area (Å²) in [6.07, 6.45) is 0. The number of H-pyrrole nitrogens is 1. The molecule has 24 heavy (non-hydrogen) atoms. The number of ether oxygens (including phenoxy) is 1. The summed E-state index contributed by atoms with van der Waals surface area (Å²) in [5, 5.41) is 0. The normalized spacial score (nSPS) is 12.0. The van der Waals surface area contributed by atoms with E-state index in [1.54, 1.807) is 17.8 Å². The minimum absolute atomic E-state index is 0.172. The van der Waals surface area contributed by atoms with E-state index in [4.69, 9.17) is 4.74 Å². The van der Waals surface area contributed by atoms with Crippen molar-refractivity contribution < 1.29 is 14.3 Å². The van der Waals surface area contributed by atoms with Crippen LogP contribution in [0.1, 0.15) is 34.2 Å². The van der Waals surface area contributed by atoms with Gasteiger partial charge in [-0.05, 0) is 25.5 Å². The molecule has 2 aromatic rings. The summed E-state index contributed by atoms with van der Waals surface area (Å²) in [6.45, 7) is 5.36. The molecular formula is C19H23NO3S. The molecule has 1 atom stereocenters. The molecule has 1 heterocycles. The Balaban J connectivity index is 1.73. The number of Topliss-reactive ketones (excluding diaryl/α,β-unsaturated/α-hetero) is 1. The highest BCUT2D eigenvalue weighted by atomic mass is 32.2. The van der Waals surface area contributed by atoms with Crippen LogP contribution in [0.25, 0.3) is 0 Å². The topological polar surface area (TPSA) is 59.2 Å². The highest BCUT2D eigenvalue weighted by Gasteiger charge is 2.18. The summed E-state index contributed by atoms with van der Waals surface area (Å²) in [6, 6.07) is 11.9. The molecule has 1 aromatic carbocycles. The molecular weight excluding hydrogens is 322 g/mol. The molecule has 0 aliphatic carbocycles. The molecule has 0 amide bonds. The number of carbonyl (C=O) groups excluding carboxylic acids is 2. The van der Waals surface area contributed by atoms with Gasteiger partial charge in [0.2, 0.25) is 5.78 Å². The fraction of sp³-hybridized carbons (Fsp3) is 0.368. The average Bonchev–Trinajstić information content (AvgIpc) is 2.91. The van der Waals surface area contributed by atoms with Crippen LogP contribution in [-0.4, -0.2) is 29.1 Å². The maximum atomic E-state index is 12.1. The number of rotatable bonds is 8. The Morgan fingerprint density at radius 3 is 2.54 bits per heavy atom. The lowest BCUT2D eigenvalue weighted by molar-refractivity contribution is -0.145. The number of benzene rings is 1. The second-order valence-corrected chi connectivity index (χ2v) is 6.95. The molecule has 0 spiro atoms. The van der Waals surface area contributed by atoms with Crippen LogP contribution in [0.2, 0.25) is 0 Å². The molecule has 2 rings (SSSR count). The van der Waals surface area contributed by atoms with Crippen molar-refractivity contribution in [1.82, 2.24) is 4.98 Å². The third-order valence-electron chi connectivity index (χ3n) is 3.68. The Hall–Kier alpha value is -2.01. The van der Waals surface area contributed by atoms with Gasteiger partial charge in [-0.25, -0.2) is 0 Å². The predicted octanol–water partition coefficient (Wildman–Crippen LogP) is 3.93. The van der Waals surface area contributed by atoms with E-state index in [1.165, 1.54) is 5.56 Å². The summed E-state index contributed by atoms with van der Waals surface area (Å²) in [5.74, 6) is 0.799. The van der Waals surface area contributed by atoms with Gasteiger partial charge in [-0.1, -0.05) is 37.3 Å². The Labute approximate surface area is 147 Å². The van der Waals surface area contributed by atoms with Crippen molar-refractivity contribution in [3.63, 3.8) is 0 Å². The zero-order chi connectivity index (χ0) is 17.5. The van der Waals surface area contributed by atoms with Gasteiger partial charge in [-0.3, -0.25) is 9.59 Å². The molecule has 0 aliphatic rings. The molecule has 0 saturated heterocycles. The fourth-order valence-electron chi connectivity index (χ4n) is 2.37. The number of esters is 1. The number of thioether (sulfide) groups is 1. The SMILES string of the molecule is Cc1cc(C(=O)COC(=O)[C@@H](C)CSCc2ccccc2)c(C)[nH]1. The molecule has 0 radical (unpaired) electrons. The Bertz CT molecular complexity index is 694. The number of hydrogen-bond acceptors (Lipinski definition) is 4. The predicted molar refractivity (Wildman–Crippen MR) is 97.3 cm³/mol. The van der Waals surface area contributed by atoms with Gasteiger partial charge < -0.3 is 9.72 Å². The van der Waals surface area contributed by atoms with Crippen LogP contribution in [0.15, 0.2) is 36.4 Å². The van der Waals surface area contributed by atoms with E-state index in [1.807, 2.05) is 39.0 Å². The lowest BCUT2D eigenvalue weighted by Gasteiger charge is -2.11. The van der Waals surface area contributed by atoms with Crippen molar-refractivity contribution in [2.24, 2.45) is 5.92 Å². The van der Waals surface area contributed by atoms with Crippen LogP contribution in [0.3, 0.4) is 0 Å². The highest BCUT2D eigenvalue weighted by Crippen LogP contribution is 2.16. The Kier molecular flexibility index (Phi) is 6.67. The minimum Gasteiger partial charge on any atom is -0.457 e. The van der Waals surface area contributed by atoms with Gasteiger partial charge in [0.05, 0.1) is 5.92 Å². The molecule has 1 N–H and O–H groups in total. The number of aryl methyl sites for hydroxylation is 2. The maximum absolute atomic E-state index is 12.1. The van der Waals surface area contributed by atoms with Crippen molar-refractivity contribution in [2.75, 3.05) is 12.4 Å². The van der Waals surface area contributed by atoms with Crippen molar-refractivity contribution in [1.29, 1.82) is 0 Å². The molecule has 0 unspecified atom stereocenters. The van der Waals surface area contributed by atoms with Crippen molar-refractivity contribution in [2.45, 2.75) is 26.5 Å². The lowest BCUT2D eigenvalue weighted by atomic mass is 10.1. The number of aromatic amines is 1. The molecule has 0 fully saturated rings. The summed E-state index contributed by atoms with van der Waals surface area (Å²) >= 11 is 1.69. The standard InChI is InChI=1S/C19H23NO3S/c1-13(11-24-12-16-7-5-4-6-8-16)19(22)23-10-18(21)17-9-14(2)20-15(17)3/h4-9,13,20H,10-12H2,1-3H3/t13-/m0/s1. The number of aromatic nitrogens is 1. The first-order chi connectivity index (χ1) is 11.5. The summed E-state index contributed by atoms with van der Waals surface area (Å²) in [5.41, 5.74) is 3.55. The van der Waals surface area contributed by atoms with Crippen LogP contribution in [0.4, 0.5) is 0 Å². The smallest absolute Gasteiger partial charge is 0.309 e. The molecule has 128 valence electrons. The second kappa shape index (κ2) is 8.73. The van der Waals surface area contributed by atoms with Crippen molar-refractivity contribution in [3.05, 3.63) is 58.9 Å². The number of carbonyl (C=O) groups is 2. The average molecular weight is 345 g/mol. The summed E-state index contributed by atoms with van der Waals surface area (Å²) in [4.78, 5) is 27.2. The van der Waals surface area contributed by atoms with Crippen LogP contribution in [0, 0.1) is 19.8 Å². The molecule has 4 nitrogen and oxygen atoms in total. The second-order valence-electron chi connectivity index (χ2n) is 5.92. The fourth-order valence-corrected chi connectivity index (χ4v) is 3.40. The molecule has 0 bridgehead atoms. The largest absolute Gasteiger partial charge is 0.457 e. The van der Waals surface area contributed by atoms with Gasteiger partial charge in [-0.2, -0.15) is 11.8 Å². The minimum atomic E-state index is -0.325. The first-order valence-corrected chi connectivity index (χ1v) is 9.10. The molecule has 0 saturated carbocycles. The van der Waals surface area contributed by atoms with E-state index in [-0.39, 0.29) is 24.3 Å². The highest BCUT2D eigenvalue weighted by molar-refractivity contribution is 7.98. The van der Waals surface area contributed by atoms with Gasteiger partial charge in [0, 0.05) is 28.5 Å². The number of nitrogens with one attached hydrogen (secondary N) is 1. The van der Waals surface area contributed by atoms with Crippen molar-refractivity contribution in [3.8, 4) is 0 Å². The van der Waals surface area contributed by atoms with E-state index in [9.17, 15) is 9.59 Å². The Morgan fingerprint density at radius 2 is 1.92 bits per heavy atom. The zero-order valence-electron chi connectivity index (χ0n) is 14.3. The third kappa shape index (κ3) is 5.27. The van der Waals surface area contributed by atoms with Gasteiger partial charge >= 0.3 is 5.97 Å². The molecule has 1 aromatic heterocycles. The van der Waals surface area contributed by atoms with Crippen LogP contribution in [-0.2, 0) is 15.3 Å². The monoisotopic (exact) mass is 345 g/mol. The van der Waals surface area contributed by atoms with Crippen LogP contribution >= 0.6 is 11.8 Å². The van der Waals surface area contributed by atoms with Gasteiger partial charge in [-0.15, -0.1) is 0 Å².